The van der Waals surface area contributed by atoms with Crippen molar-refractivity contribution in [1.29, 1.82) is 0 Å². The van der Waals surface area contributed by atoms with Crippen LogP contribution >= 0.6 is 0 Å². The molecule has 1 aromatic carbocycles. The molecule has 100 valence electrons. The number of nitrogens with zero attached hydrogens (tertiary/aromatic N) is 1. The third-order valence-electron chi connectivity index (χ3n) is 4.23. The van der Waals surface area contributed by atoms with Gasteiger partial charge in [0.2, 0.25) is 0 Å². The molecule has 2 aromatic rings. The Balaban J connectivity index is 2.07. The second kappa shape index (κ2) is 3.84. The maximum Gasteiger partial charge on any atom is 0.495 e. The zero-order chi connectivity index (χ0) is 13.8. The number of rotatable bonds is 1. The van der Waals surface area contributed by atoms with Gasteiger partial charge in [-0.1, -0.05) is 16.6 Å². The number of hydrogen-bond acceptors (Lipinski definition) is 2. The van der Waals surface area contributed by atoms with Crippen molar-refractivity contribution < 1.29 is 13.8 Å². The zero-order valence-corrected chi connectivity index (χ0v) is 11.6. The van der Waals surface area contributed by atoms with E-state index in [-0.39, 0.29) is 0 Å². The normalized spacial score (nSPS) is 21.2. The summed E-state index contributed by atoms with van der Waals surface area (Å²) in [6.45, 7) is 8.03. The molecule has 0 N–H and O–H groups in total. The highest BCUT2D eigenvalue weighted by molar-refractivity contribution is 6.65. The molecule has 19 heavy (non-hydrogen) atoms. The van der Waals surface area contributed by atoms with Crippen molar-refractivity contribution in [3.63, 3.8) is 0 Å². The first kappa shape index (κ1) is 12.7. The molecule has 3 rings (SSSR count). The summed E-state index contributed by atoms with van der Waals surface area (Å²) in [6, 6.07) is 7.23. The highest BCUT2D eigenvalue weighted by atomic mass is 19.2. The molecular formula is C14H17BFNO2. The Morgan fingerprint density at radius 1 is 1.05 bits per heavy atom. The van der Waals surface area contributed by atoms with E-state index in [9.17, 15) is 4.48 Å². The molecule has 1 aromatic heterocycles. The molecule has 0 unspecified atom stereocenters. The molecule has 2 heterocycles. The third kappa shape index (κ3) is 1.80. The predicted octanol–water partition coefficient (Wildman–Crippen LogP) is 2.67. The van der Waals surface area contributed by atoms with E-state index in [1.165, 1.54) is 6.20 Å². The van der Waals surface area contributed by atoms with Gasteiger partial charge in [0.15, 0.2) is 0 Å². The summed E-state index contributed by atoms with van der Waals surface area (Å²) >= 11 is 0. The molecule has 0 aliphatic carbocycles. The minimum Gasteiger partial charge on any atom is -0.399 e. The van der Waals surface area contributed by atoms with E-state index in [1.807, 2.05) is 39.8 Å². The molecule has 5 heteroatoms. The monoisotopic (exact) mass is 261 g/mol. The minimum absolute atomic E-state index is 0.391. The molecule has 0 saturated carbocycles. The second-order valence-electron chi connectivity index (χ2n) is 6.00. The Morgan fingerprint density at radius 3 is 2.32 bits per heavy atom. The number of aromatic nitrogens is 1. The topological polar surface area (TPSA) is 23.4 Å². The van der Waals surface area contributed by atoms with E-state index in [2.05, 4.69) is 0 Å². The summed E-state index contributed by atoms with van der Waals surface area (Å²) < 4.78 is 25.6. The van der Waals surface area contributed by atoms with Crippen LogP contribution in [0, 0.1) is 0 Å². The summed E-state index contributed by atoms with van der Waals surface area (Å²) in [5.74, 6) is 0. The van der Waals surface area contributed by atoms with Crippen molar-refractivity contribution >= 4 is 23.5 Å². The van der Waals surface area contributed by atoms with Crippen LogP contribution in [0.25, 0.3) is 10.9 Å². The maximum atomic E-state index is 13.6. The lowest BCUT2D eigenvalue weighted by Crippen LogP contribution is -2.41. The van der Waals surface area contributed by atoms with Gasteiger partial charge in [-0.3, -0.25) is 0 Å². The Bertz CT molecular complexity index is 619. The predicted molar refractivity (Wildman–Crippen MR) is 74.2 cm³/mol. The van der Waals surface area contributed by atoms with Crippen LogP contribution in [-0.4, -0.2) is 23.1 Å². The van der Waals surface area contributed by atoms with Crippen LogP contribution in [0.4, 0.5) is 4.48 Å². The SMILES string of the molecule is CC1(C)OB(c2cccc3c2ccn3F)OC1(C)C. The molecule has 0 spiro atoms. The fourth-order valence-corrected chi connectivity index (χ4v) is 2.33. The van der Waals surface area contributed by atoms with Crippen LogP contribution in [-0.2, 0) is 9.31 Å². The molecule has 0 amide bonds. The Kier molecular flexibility index (Phi) is 2.56. The van der Waals surface area contributed by atoms with Gasteiger partial charge in [0, 0.05) is 11.6 Å². The van der Waals surface area contributed by atoms with E-state index in [0.29, 0.717) is 10.3 Å². The van der Waals surface area contributed by atoms with E-state index in [1.54, 1.807) is 12.1 Å². The van der Waals surface area contributed by atoms with Gasteiger partial charge in [-0.15, -0.1) is 0 Å². The number of hydrogen-bond donors (Lipinski definition) is 0. The van der Waals surface area contributed by atoms with Crippen LogP contribution in [0.15, 0.2) is 30.5 Å². The lowest BCUT2D eigenvalue weighted by atomic mass is 9.77. The second-order valence-corrected chi connectivity index (χ2v) is 6.00. The molecule has 0 bridgehead atoms. The van der Waals surface area contributed by atoms with E-state index in [0.717, 1.165) is 10.8 Å². The summed E-state index contributed by atoms with van der Waals surface area (Å²) in [6.07, 6.45) is 1.40. The summed E-state index contributed by atoms with van der Waals surface area (Å²) in [5.41, 5.74) is 0.621. The molecule has 3 nitrogen and oxygen atoms in total. The molecule has 1 fully saturated rings. The standard InChI is InChI=1S/C14H17BFNO2/c1-13(2)14(3,4)19-15(18-13)11-6-5-7-12-10(11)8-9-17(12)16/h5-9H,1-4H3. The van der Waals surface area contributed by atoms with Gasteiger partial charge in [-0.25, -0.2) is 0 Å². The van der Waals surface area contributed by atoms with E-state index in [4.69, 9.17) is 9.31 Å². The highest BCUT2D eigenvalue weighted by Crippen LogP contribution is 2.37. The maximum absolute atomic E-state index is 13.6. The van der Waals surface area contributed by atoms with Crippen molar-refractivity contribution in [3.8, 4) is 0 Å². The molecule has 0 radical (unpaired) electrons. The third-order valence-corrected chi connectivity index (χ3v) is 4.23. The van der Waals surface area contributed by atoms with Crippen LogP contribution in [0.1, 0.15) is 27.7 Å². The molecule has 1 aliphatic heterocycles. The smallest absolute Gasteiger partial charge is 0.399 e. The van der Waals surface area contributed by atoms with Gasteiger partial charge in [0.05, 0.1) is 16.7 Å². The average Bonchev–Trinajstić information content (AvgIpc) is 2.78. The lowest BCUT2D eigenvalue weighted by molar-refractivity contribution is 0.00578. The van der Waals surface area contributed by atoms with E-state index >= 15 is 0 Å². The highest BCUT2D eigenvalue weighted by Gasteiger charge is 2.52. The number of benzene rings is 1. The fourth-order valence-electron chi connectivity index (χ4n) is 2.33. The lowest BCUT2D eigenvalue weighted by Gasteiger charge is -2.32. The largest absolute Gasteiger partial charge is 0.495 e. The Hall–Kier alpha value is -1.33. The van der Waals surface area contributed by atoms with Gasteiger partial charge in [0.1, 0.15) is 0 Å². The van der Waals surface area contributed by atoms with Crippen molar-refractivity contribution in [3.05, 3.63) is 30.5 Å². The van der Waals surface area contributed by atoms with Crippen molar-refractivity contribution in [1.82, 2.24) is 4.79 Å². The average molecular weight is 261 g/mol. The van der Waals surface area contributed by atoms with Gasteiger partial charge < -0.3 is 9.31 Å². The van der Waals surface area contributed by atoms with Crippen molar-refractivity contribution in [2.24, 2.45) is 0 Å². The quantitative estimate of drug-likeness (QED) is 0.737. The van der Waals surface area contributed by atoms with Gasteiger partial charge >= 0.3 is 7.12 Å². The first-order valence-electron chi connectivity index (χ1n) is 6.44. The van der Waals surface area contributed by atoms with Gasteiger partial charge in [0.25, 0.3) is 0 Å². The summed E-state index contributed by atoms with van der Waals surface area (Å²) in [5, 5.41) is 0.823. The van der Waals surface area contributed by atoms with Gasteiger partial charge in [-0.2, -0.15) is 4.79 Å². The first-order valence-corrected chi connectivity index (χ1v) is 6.44. The molecule has 0 atom stereocenters. The van der Waals surface area contributed by atoms with E-state index < -0.39 is 18.3 Å². The van der Waals surface area contributed by atoms with Crippen molar-refractivity contribution in [2.45, 2.75) is 38.9 Å². The molecular weight excluding hydrogens is 244 g/mol. The number of fused-ring (bicyclic) bond motifs is 1. The zero-order valence-electron chi connectivity index (χ0n) is 11.6. The summed E-state index contributed by atoms with van der Waals surface area (Å²) in [7, 11) is -0.462. The molecule has 1 saturated heterocycles. The van der Waals surface area contributed by atoms with Crippen LogP contribution in [0.2, 0.25) is 0 Å². The molecule has 1 aliphatic rings. The van der Waals surface area contributed by atoms with Crippen molar-refractivity contribution in [2.75, 3.05) is 0 Å². The van der Waals surface area contributed by atoms with Crippen LogP contribution < -0.4 is 5.46 Å². The Labute approximate surface area is 112 Å². The fraction of sp³-hybridized carbons (Fsp3) is 0.429. The van der Waals surface area contributed by atoms with Gasteiger partial charge in [-0.05, 0) is 45.3 Å². The van der Waals surface area contributed by atoms with Crippen LogP contribution in [0.5, 0.6) is 0 Å². The number of halogens is 1. The summed E-state index contributed by atoms with van der Waals surface area (Å²) in [4.78, 5) is 0.615. The minimum atomic E-state index is -0.462. The Morgan fingerprint density at radius 2 is 1.68 bits per heavy atom. The first-order chi connectivity index (χ1) is 8.82. The van der Waals surface area contributed by atoms with Crippen LogP contribution in [0.3, 0.4) is 0 Å².